The number of halogens is 3. The first-order valence-electron chi connectivity index (χ1n) is 10.9. The summed E-state index contributed by atoms with van der Waals surface area (Å²) in [6.45, 7) is -0.432. The molecule has 194 valence electrons. The van der Waals surface area contributed by atoms with E-state index in [9.17, 15) is 23.2 Å². The zero-order chi connectivity index (χ0) is 27.4. The molecule has 38 heavy (non-hydrogen) atoms. The van der Waals surface area contributed by atoms with Crippen LogP contribution in [0.2, 0.25) is 5.02 Å². The average molecular weight is 558 g/mol. The van der Waals surface area contributed by atoms with Crippen LogP contribution in [0.5, 0.6) is 11.5 Å². The molecule has 1 aliphatic heterocycles. The smallest absolute Gasteiger partial charge is 0.270 e. The molecule has 1 heterocycles. The van der Waals surface area contributed by atoms with Crippen molar-refractivity contribution in [1.29, 1.82) is 0 Å². The first-order valence-corrected chi connectivity index (χ1v) is 11.7. The molecule has 0 radical (unpaired) electrons. The van der Waals surface area contributed by atoms with Crippen LogP contribution in [0.1, 0.15) is 5.56 Å². The lowest BCUT2D eigenvalue weighted by Gasteiger charge is -2.29. The number of ether oxygens (including phenoxy) is 2. The van der Waals surface area contributed by atoms with E-state index >= 15 is 0 Å². The van der Waals surface area contributed by atoms with E-state index in [0.29, 0.717) is 11.3 Å². The minimum atomic E-state index is -0.730. The van der Waals surface area contributed by atoms with Crippen molar-refractivity contribution >= 4 is 64.1 Å². The Morgan fingerprint density at radius 2 is 1.71 bits per heavy atom. The fourth-order valence-electron chi connectivity index (χ4n) is 3.48. The van der Waals surface area contributed by atoms with Gasteiger partial charge in [0.25, 0.3) is 17.7 Å². The number of methoxy groups -OCH3 is 1. The Morgan fingerprint density at radius 1 is 1.08 bits per heavy atom. The highest BCUT2D eigenvalue weighted by atomic mass is 35.5. The average Bonchev–Trinajstić information content (AvgIpc) is 2.88. The second kappa shape index (κ2) is 11.4. The van der Waals surface area contributed by atoms with E-state index in [4.69, 9.17) is 33.3 Å². The molecule has 8 nitrogen and oxygen atoms in total. The number of carbonyl (C=O) groups excluding carboxylic acids is 3. The third kappa shape index (κ3) is 5.96. The summed E-state index contributed by atoms with van der Waals surface area (Å²) in [6, 6.07) is 13.1. The molecule has 12 heteroatoms. The maximum absolute atomic E-state index is 13.3. The van der Waals surface area contributed by atoms with Crippen LogP contribution in [0, 0.1) is 11.6 Å². The Kier molecular flexibility index (Phi) is 7.99. The van der Waals surface area contributed by atoms with Crippen molar-refractivity contribution in [2.45, 2.75) is 0 Å². The van der Waals surface area contributed by atoms with Crippen LogP contribution >= 0.6 is 23.8 Å². The Hall–Kier alpha value is -4.35. The molecule has 0 saturated carbocycles. The highest BCUT2D eigenvalue weighted by Gasteiger charge is 2.34. The Bertz CT molecular complexity index is 1460. The van der Waals surface area contributed by atoms with E-state index in [0.717, 1.165) is 17.0 Å². The van der Waals surface area contributed by atoms with Crippen molar-refractivity contribution in [2.24, 2.45) is 0 Å². The number of rotatable bonds is 7. The number of carbonyl (C=O) groups is 3. The van der Waals surface area contributed by atoms with Crippen LogP contribution in [0.4, 0.5) is 20.2 Å². The largest absolute Gasteiger partial charge is 0.493 e. The van der Waals surface area contributed by atoms with Gasteiger partial charge in [0.05, 0.1) is 17.8 Å². The van der Waals surface area contributed by atoms with Crippen LogP contribution in [0.25, 0.3) is 6.08 Å². The monoisotopic (exact) mass is 557 g/mol. The molecule has 0 unspecified atom stereocenters. The van der Waals surface area contributed by atoms with E-state index < -0.39 is 36.0 Å². The van der Waals surface area contributed by atoms with Crippen LogP contribution in [-0.2, 0) is 14.4 Å². The van der Waals surface area contributed by atoms with Gasteiger partial charge in [0.2, 0.25) is 0 Å². The summed E-state index contributed by atoms with van der Waals surface area (Å²) in [7, 11) is 1.35. The lowest BCUT2D eigenvalue weighted by Crippen LogP contribution is -2.54. The number of thiocarbonyl (C=S) groups is 1. The second-order valence-electron chi connectivity index (χ2n) is 7.81. The topological polar surface area (TPSA) is 97.0 Å². The summed E-state index contributed by atoms with van der Waals surface area (Å²) in [4.78, 5) is 39.0. The molecule has 0 aromatic heterocycles. The summed E-state index contributed by atoms with van der Waals surface area (Å²) >= 11 is 11.5. The van der Waals surface area contributed by atoms with Gasteiger partial charge in [0.1, 0.15) is 17.2 Å². The molecule has 4 rings (SSSR count). The lowest BCUT2D eigenvalue weighted by molar-refractivity contribution is -0.122. The summed E-state index contributed by atoms with van der Waals surface area (Å²) < 4.78 is 37.2. The van der Waals surface area contributed by atoms with E-state index in [1.807, 2.05) is 0 Å². The fourth-order valence-corrected chi connectivity index (χ4v) is 4.03. The van der Waals surface area contributed by atoms with Gasteiger partial charge in [0, 0.05) is 5.69 Å². The van der Waals surface area contributed by atoms with Crippen LogP contribution in [-0.4, -0.2) is 36.6 Å². The van der Waals surface area contributed by atoms with E-state index in [-0.39, 0.29) is 32.9 Å². The highest BCUT2D eigenvalue weighted by Crippen LogP contribution is 2.37. The van der Waals surface area contributed by atoms with Crippen molar-refractivity contribution in [3.63, 3.8) is 0 Å². The van der Waals surface area contributed by atoms with Gasteiger partial charge in [-0.25, -0.2) is 8.78 Å². The number of hydrogen-bond donors (Lipinski definition) is 2. The van der Waals surface area contributed by atoms with Crippen LogP contribution < -0.4 is 25.0 Å². The number of nitrogens with zero attached hydrogens (tertiary/aromatic N) is 1. The summed E-state index contributed by atoms with van der Waals surface area (Å²) in [5.41, 5.74) is 0.712. The van der Waals surface area contributed by atoms with Crippen molar-refractivity contribution in [3.05, 3.63) is 88.5 Å². The second-order valence-corrected chi connectivity index (χ2v) is 8.61. The van der Waals surface area contributed by atoms with Crippen molar-refractivity contribution in [3.8, 4) is 11.5 Å². The normalized spacial score (nSPS) is 14.4. The molecule has 1 fully saturated rings. The molecule has 1 saturated heterocycles. The van der Waals surface area contributed by atoms with Gasteiger partial charge in [-0.05, 0) is 84.5 Å². The SMILES string of the molecule is COc1cc(/C=C2/C(=O)NC(=S)N(c3ccc(F)cc3)C2=O)cc(Cl)c1OCC(=O)Nc1ccc(F)cc1. The molecule has 0 aliphatic carbocycles. The zero-order valence-corrected chi connectivity index (χ0v) is 21.2. The first-order chi connectivity index (χ1) is 18.2. The molecule has 0 bridgehead atoms. The highest BCUT2D eigenvalue weighted by molar-refractivity contribution is 7.80. The standard InChI is InChI=1S/C26H18ClF2N3O5S/c1-36-21-12-14(11-20(27)23(21)37-13-22(33)30-17-6-2-15(28)3-7-17)10-19-24(34)31-26(38)32(25(19)35)18-8-4-16(29)5-9-18/h2-12H,13H2,1H3,(H,30,33)(H,31,34,38)/b19-10-. The minimum Gasteiger partial charge on any atom is -0.493 e. The molecule has 3 aromatic carbocycles. The molecule has 3 amide bonds. The number of amides is 3. The van der Waals surface area contributed by atoms with Gasteiger partial charge >= 0.3 is 0 Å². The quantitative estimate of drug-likeness (QED) is 0.253. The first kappa shape index (κ1) is 26.7. The van der Waals surface area contributed by atoms with Gasteiger partial charge in [-0.15, -0.1) is 0 Å². The Morgan fingerprint density at radius 3 is 2.34 bits per heavy atom. The lowest BCUT2D eigenvalue weighted by atomic mass is 10.1. The summed E-state index contributed by atoms with van der Waals surface area (Å²) in [5, 5.41) is 4.88. The summed E-state index contributed by atoms with van der Waals surface area (Å²) in [6.07, 6.45) is 1.29. The van der Waals surface area contributed by atoms with Gasteiger partial charge < -0.3 is 14.8 Å². The van der Waals surface area contributed by atoms with E-state index in [1.54, 1.807) is 0 Å². The number of benzene rings is 3. The van der Waals surface area contributed by atoms with Crippen molar-refractivity contribution < 1.29 is 32.6 Å². The molecule has 2 N–H and O–H groups in total. The number of hydrogen-bond acceptors (Lipinski definition) is 6. The molecule has 3 aromatic rings. The van der Waals surface area contributed by atoms with E-state index in [2.05, 4.69) is 10.6 Å². The third-order valence-electron chi connectivity index (χ3n) is 5.22. The Balaban J connectivity index is 1.55. The molecule has 0 spiro atoms. The maximum atomic E-state index is 13.3. The molecular formula is C26H18ClF2N3O5S. The molecule has 0 atom stereocenters. The number of anilines is 2. The Labute approximate surface area is 225 Å². The van der Waals surface area contributed by atoms with Crippen LogP contribution in [0.15, 0.2) is 66.2 Å². The zero-order valence-electron chi connectivity index (χ0n) is 19.6. The van der Waals surface area contributed by atoms with Crippen molar-refractivity contribution in [1.82, 2.24) is 5.32 Å². The predicted molar refractivity (Wildman–Crippen MR) is 141 cm³/mol. The van der Waals surface area contributed by atoms with Gasteiger partial charge in [0.15, 0.2) is 23.2 Å². The van der Waals surface area contributed by atoms with Crippen LogP contribution in [0.3, 0.4) is 0 Å². The predicted octanol–water partition coefficient (Wildman–Crippen LogP) is 4.48. The molecule has 1 aliphatic rings. The van der Waals surface area contributed by atoms with Gasteiger partial charge in [-0.1, -0.05) is 11.6 Å². The maximum Gasteiger partial charge on any atom is 0.270 e. The third-order valence-corrected chi connectivity index (χ3v) is 5.79. The van der Waals surface area contributed by atoms with Gasteiger partial charge in [-0.3, -0.25) is 24.6 Å². The summed E-state index contributed by atoms with van der Waals surface area (Å²) in [5.74, 6) is -2.73. The number of nitrogens with one attached hydrogen (secondary N) is 2. The minimum absolute atomic E-state index is 0.0420. The van der Waals surface area contributed by atoms with Crippen molar-refractivity contribution in [2.75, 3.05) is 23.9 Å². The van der Waals surface area contributed by atoms with Gasteiger partial charge in [-0.2, -0.15) is 0 Å². The fraction of sp³-hybridized carbons (Fsp3) is 0.0769. The molecular weight excluding hydrogens is 540 g/mol. The van der Waals surface area contributed by atoms with E-state index in [1.165, 1.54) is 61.7 Å².